The molecule has 3 N–H and O–H groups in total. The molecule has 2 heterocycles. The summed E-state index contributed by atoms with van der Waals surface area (Å²) in [5, 5.41) is 8.07. The number of para-hydroxylation sites is 1. The highest BCUT2D eigenvalue weighted by Gasteiger charge is 2.24. The number of rotatable bonds is 6. The first-order chi connectivity index (χ1) is 15.0. The maximum atomic E-state index is 13.1. The molecule has 0 saturated carbocycles. The van der Waals surface area contributed by atoms with E-state index in [9.17, 15) is 14.4 Å². The van der Waals surface area contributed by atoms with E-state index < -0.39 is 17.2 Å². The molecule has 2 aromatic carbocycles. The van der Waals surface area contributed by atoms with Crippen LogP contribution in [-0.2, 0) is 17.9 Å². The van der Waals surface area contributed by atoms with Gasteiger partial charge in [-0.15, -0.1) is 5.10 Å². The second-order valence-electron chi connectivity index (χ2n) is 6.94. The molecule has 0 aliphatic carbocycles. The maximum Gasteiger partial charge on any atom is 0.330 e. The predicted molar refractivity (Wildman–Crippen MR) is 117 cm³/mol. The second kappa shape index (κ2) is 8.27. The smallest absolute Gasteiger partial charge is 0.330 e. The summed E-state index contributed by atoms with van der Waals surface area (Å²) in [6.45, 7) is 1.94. The monoisotopic (exact) mass is 419 g/mol. The normalized spacial score (nSPS) is 11.0. The van der Waals surface area contributed by atoms with E-state index in [2.05, 4.69) is 15.3 Å². The molecule has 10 nitrogen and oxygen atoms in total. The first-order valence-corrected chi connectivity index (χ1v) is 9.74. The third-order valence-corrected chi connectivity index (χ3v) is 4.99. The minimum Gasteiger partial charge on any atom is -0.383 e. The van der Waals surface area contributed by atoms with Crippen LogP contribution in [0.5, 0.6) is 0 Å². The molecular weight excluding hydrogens is 398 g/mol. The topological polar surface area (TPSA) is 132 Å². The van der Waals surface area contributed by atoms with Gasteiger partial charge in [0.2, 0.25) is 5.91 Å². The number of amides is 1. The van der Waals surface area contributed by atoms with Gasteiger partial charge in [-0.05, 0) is 24.6 Å². The number of likely N-dealkylation sites (N-methyl/N-ethyl adjacent to an activating group) is 1. The van der Waals surface area contributed by atoms with Crippen molar-refractivity contribution in [3.8, 4) is 0 Å². The highest BCUT2D eigenvalue weighted by atomic mass is 16.2. The van der Waals surface area contributed by atoms with Crippen molar-refractivity contribution in [1.29, 1.82) is 0 Å². The summed E-state index contributed by atoms with van der Waals surface area (Å²) < 4.78 is 2.71. The standard InChI is InChI=1S/C21H21N7O3/c1-2-26(17(29)13-28-16-11-7-6-10-15(16)24-25-28)18-19(22)27(21(31)23-20(18)30)12-14-8-4-3-5-9-14/h3-11H,2,12-13,22H2,1H3,(H,23,30,31). The van der Waals surface area contributed by atoms with Crippen LogP contribution in [-0.4, -0.2) is 37.0 Å². The summed E-state index contributed by atoms with van der Waals surface area (Å²) in [6.07, 6.45) is 0. The van der Waals surface area contributed by atoms with Crippen molar-refractivity contribution in [2.75, 3.05) is 17.2 Å². The Balaban J connectivity index is 1.70. The number of aromatic nitrogens is 5. The van der Waals surface area contributed by atoms with Gasteiger partial charge in [0.15, 0.2) is 5.69 Å². The largest absolute Gasteiger partial charge is 0.383 e. The number of carbonyl (C=O) groups is 1. The van der Waals surface area contributed by atoms with Crippen LogP contribution in [0.2, 0.25) is 0 Å². The van der Waals surface area contributed by atoms with Gasteiger partial charge >= 0.3 is 5.69 Å². The lowest BCUT2D eigenvalue weighted by atomic mass is 10.2. The van der Waals surface area contributed by atoms with Crippen LogP contribution in [0.25, 0.3) is 11.0 Å². The highest BCUT2D eigenvalue weighted by Crippen LogP contribution is 2.19. The average molecular weight is 419 g/mol. The van der Waals surface area contributed by atoms with Gasteiger partial charge in [-0.2, -0.15) is 0 Å². The van der Waals surface area contributed by atoms with E-state index in [1.165, 1.54) is 14.1 Å². The lowest BCUT2D eigenvalue weighted by Crippen LogP contribution is -2.42. The SMILES string of the molecule is CCN(C(=O)Cn1nnc2ccccc21)c1c(N)n(Cc2ccccc2)c(=O)[nH]c1=O. The number of nitrogens with two attached hydrogens (primary N) is 1. The third-order valence-electron chi connectivity index (χ3n) is 4.99. The maximum absolute atomic E-state index is 13.1. The van der Waals surface area contributed by atoms with E-state index in [-0.39, 0.29) is 31.1 Å². The van der Waals surface area contributed by atoms with Gasteiger partial charge in [0.05, 0.1) is 12.1 Å². The molecule has 0 aliphatic rings. The molecule has 0 unspecified atom stereocenters. The van der Waals surface area contributed by atoms with Crippen LogP contribution in [0.4, 0.5) is 11.5 Å². The number of nitrogens with zero attached hydrogens (tertiary/aromatic N) is 5. The number of fused-ring (bicyclic) bond motifs is 1. The number of H-pyrrole nitrogens is 1. The molecule has 10 heteroatoms. The summed E-state index contributed by atoms with van der Waals surface area (Å²) in [5.74, 6) is -0.475. The van der Waals surface area contributed by atoms with Crippen molar-refractivity contribution >= 4 is 28.4 Å². The molecule has 1 amide bonds. The van der Waals surface area contributed by atoms with Gasteiger partial charge in [0.25, 0.3) is 5.56 Å². The number of aromatic amines is 1. The Labute approximate surface area is 176 Å². The lowest BCUT2D eigenvalue weighted by molar-refractivity contribution is -0.119. The van der Waals surface area contributed by atoms with Crippen LogP contribution in [0, 0.1) is 0 Å². The number of benzene rings is 2. The number of hydrogen-bond donors (Lipinski definition) is 2. The number of nitrogens with one attached hydrogen (secondary N) is 1. The van der Waals surface area contributed by atoms with Gasteiger partial charge in [-0.1, -0.05) is 47.7 Å². The van der Waals surface area contributed by atoms with Gasteiger partial charge in [-0.25, -0.2) is 9.48 Å². The van der Waals surface area contributed by atoms with Crippen molar-refractivity contribution in [3.63, 3.8) is 0 Å². The highest BCUT2D eigenvalue weighted by molar-refractivity contribution is 5.95. The van der Waals surface area contributed by atoms with E-state index in [4.69, 9.17) is 5.73 Å². The lowest BCUT2D eigenvalue weighted by Gasteiger charge is -2.23. The quantitative estimate of drug-likeness (QED) is 0.479. The van der Waals surface area contributed by atoms with E-state index in [1.54, 1.807) is 19.1 Å². The number of nitrogen functional groups attached to an aromatic ring is 1. The Morgan fingerprint density at radius 3 is 2.55 bits per heavy atom. The molecule has 4 rings (SSSR count). The minimum absolute atomic E-state index is 0.0625. The molecule has 0 aliphatic heterocycles. The van der Waals surface area contributed by atoms with Crippen LogP contribution in [0.15, 0.2) is 64.2 Å². The van der Waals surface area contributed by atoms with E-state index in [0.29, 0.717) is 11.0 Å². The summed E-state index contributed by atoms with van der Waals surface area (Å²) >= 11 is 0. The van der Waals surface area contributed by atoms with Crippen molar-refractivity contribution in [2.45, 2.75) is 20.0 Å². The van der Waals surface area contributed by atoms with Crippen molar-refractivity contribution in [1.82, 2.24) is 24.5 Å². The minimum atomic E-state index is -0.717. The van der Waals surface area contributed by atoms with Crippen molar-refractivity contribution < 1.29 is 4.79 Å². The Bertz CT molecular complexity index is 1350. The molecule has 0 atom stereocenters. The zero-order chi connectivity index (χ0) is 22.0. The van der Waals surface area contributed by atoms with Crippen LogP contribution in [0.3, 0.4) is 0 Å². The van der Waals surface area contributed by atoms with Gasteiger partial charge in [0.1, 0.15) is 17.9 Å². The zero-order valence-corrected chi connectivity index (χ0v) is 16.9. The van der Waals surface area contributed by atoms with E-state index >= 15 is 0 Å². The summed E-state index contributed by atoms with van der Waals surface area (Å²) in [6, 6.07) is 16.5. The molecule has 0 bridgehead atoms. The summed E-state index contributed by atoms with van der Waals surface area (Å²) in [4.78, 5) is 41.6. The van der Waals surface area contributed by atoms with E-state index in [0.717, 1.165) is 5.56 Å². The van der Waals surface area contributed by atoms with Gasteiger partial charge < -0.3 is 10.6 Å². The van der Waals surface area contributed by atoms with Gasteiger partial charge in [-0.3, -0.25) is 19.1 Å². The Morgan fingerprint density at radius 1 is 1.10 bits per heavy atom. The Morgan fingerprint density at radius 2 is 1.81 bits per heavy atom. The molecule has 0 radical (unpaired) electrons. The third kappa shape index (κ3) is 3.82. The zero-order valence-electron chi connectivity index (χ0n) is 16.9. The molecule has 0 saturated heterocycles. The molecular formula is C21H21N7O3. The average Bonchev–Trinajstić information content (AvgIpc) is 3.17. The predicted octanol–water partition coefficient (Wildman–Crippen LogP) is 0.965. The van der Waals surface area contributed by atoms with Crippen LogP contribution < -0.4 is 21.9 Å². The van der Waals surface area contributed by atoms with Gasteiger partial charge in [0, 0.05) is 6.54 Å². The fourth-order valence-electron chi connectivity index (χ4n) is 3.47. The molecule has 31 heavy (non-hydrogen) atoms. The summed E-state index contributed by atoms with van der Waals surface area (Å²) in [5.41, 5.74) is 7.00. The molecule has 4 aromatic rings. The number of hydrogen-bond acceptors (Lipinski definition) is 6. The number of anilines is 2. The molecule has 2 aromatic heterocycles. The Hall–Kier alpha value is -4.21. The molecule has 0 fully saturated rings. The second-order valence-corrected chi connectivity index (χ2v) is 6.94. The molecule has 158 valence electrons. The van der Waals surface area contributed by atoms with Crippen molar-refractivity contribution in [2.24, 2.45) is 0 Å². The fourth-order valence-corrected chi connectivity index (χ4v) is 3.47. The summed E-state index contributed by atoms with van der Waals surface area (Å²) in [7, 11) is 0. The van der Waals surface area contributed by atoms with E-state index in [1.807, 2.05) is 42.5 Å². The fraction of sp³-hybridized carbons (Fsp3) is 0.190. The van der Waals surface area contributed by atoms with Crippen molar-refractivity contribution in [3.05, 3.63) is 81.0 Å². The molecule has 0 spiro atoms. The number of carbonyl (C=O) groups excluding carboxylic acids is 1. The van der Waals surface area contributed by atoms with Crippen LogP contribution >= 0.6 is 0 Å². The van der Waals surface area contributed by atoms with Crippen LogP contribution in [0.1, 0.15) is 12.5 Å². The Kier molecular flexibility index (Phi) is 5.35. The first-order valence-electron chi connectivity index (χ1n) is 9.74. The first kappa shape index (κ1) is 20.1.